The monoisotopic (exact) mass is 542 g/mol. The first-order chi connectivity index (χ1) is 17.8. The molecule has 37 heavy (non-hydrogen) atoms. The van der Waals surface area contributed by atoms with Gasteiger partial charge in [0.25, 0.3) is 5.91 Å². The number of morpholine rings is 1. The molecule has 2 unspecified atom stereocenters. The van der Waals surface area contributed by atoms with Crippen molar-refractivity contribution in [2.45, 2.75) is 17.9 Å². The van der Waals surface area contributed by atoms with Crippen LogP contribution in [0.25, 0.3) is 22.0 Å². The van der Waals surface area contributed by atoms with Gasteiger partial charge >= 0.3 is 0 Å². The highest BCUT2D eigenvalue weighted by atomic mass is 35.5. The SMILES string of the molecule is Cc1cc(OCC2CN(S(=O)c3c(C(N)=O)[nH]c4ccc(Cl)cc34)CCO2)ccc1-c1ccnc(F)c1. The molecular formula is C26H24ClFN4O4S. The van der Waals surface area contributed by atoms with Crippen molar-refractivity contribution in [1.29, 1.82) is 0 Å². The number of aromatic nitrogens is 2. The van der Waals surface area contributed by atoms with Gasteiger partial charge in [0, 0.05) is 41.3 Å². The Morgan fingerprint density at radius 3 is 2.89 bits per heavy atom. The van der Waals surface area contributed by atoms with Gasteiger partial charge in [0.05, 0.1) is 11.5 Å². The van der Waals surface area contributed by atoms with Crippen LogP contribution in [0.2, 0.25) is 5.02 Å². The molecule has 5 rings (SSSR count). The van der Waals surface area contributed by atoms with E-state index in [9.17, 15) is 13.4 Å². The number of nitrogens with one attached hydrogen (secondary N) is 1. The fraction of sp³-hybridized carbons (Fsp3) is 0.231. The number of hydrogen-bond donors (Lipinski definition) is 2. The Labute approximate surface area is 220 Å². The zero-order valence-electron chi connectivity index (χ0n) is 19.9. The van der Waals surface area contributed by atoms with Crippen molar-refractivity contribution in [2.24, 2.45) is 5.73 Å². The number of benzene rings is 2. The minimum atomic E-state index is -1.68. The molecule has 192 valence electrons. The number of H-pyrrole nitrogens is 1. The summed E-state index contributed by atoms with van der Waals surface area (Å²) in [6.45, 7) is 3.24. The number of halogens is 2. The van der Waals surface area contributed by atoms with E-state index in [1.165, 1.54) is 12.3 Å². The molecule has 0 spiro atoms. The molecule has 1 saturated heterocycles. The highest BCUT2D eigenvalue weighted by Gasteiger charge is 2.30. The van der Waals surface area contributed by atoms with E-state index in [0.29, 0.717) is 46.3 Å². The first-order valence-corrected chi connectivity index (χ1v) is 13.0. The van der Waals surface area contributed by atoms with Crippen LogP contribution in [0, 0.1) is 12.9 Å². The third-order valence-corrected chi connectivity index (χ3v) is 7.95. The van der Waals surface area contributed by atoms with E-state index in [4.69, 9.17) is 26.8 Å². The molecule has 2 atom stereocenters. The third-order valence-electron chi connectivity index (χ3n) is 6.14. The first kappa shape index (κ1) is 25.3. The summed E-state index contributed by atoms with van der Waals surface area (Å²) in [5.74, 6) is -0.593. The van der Waals surface area contributed by atoms with Crippen LogP contribution in [0.15, 0.2) is 59.6 Å². The molecule has 0 saturated carbocycles. The van der Waals surface area contributed by atoms with E-state index in [2.05, 4.69) is 9.97 Å². The molecule has 1 amide bonds. The number of aromatic amines is 1. The standard InChI is InChI=1S/C26H24ClFN4O4S/c1-15-10-18(3-4-20(15)16-6-7-30-23(28)11-16)36-14-19-13-32(8-9-35-19)37(34)25-21-12-17(27)2-5-22(21)31-24(25)26(29)33/h2-7,10-12,19,31H,8-9,13-14H2,1H3,(H2,29,33). The predicted octanol–water partition coefficient (Wildman–Crippen LogP) is 4.23. The average Bonchev–Trinajstić information content (AvgIpc) is 3.26. The van der Waals surface area contributed by atoms with Gasteiger partial charge in [-0.2, -0.15) is 4.39 Å². The number of primary amides is 1. The van der Waals surface area contributed by atoms with Gasteiger partial charge in [-0.1, -0.05) is 17.7 Å². The van der Waals surface area contributed by atoms with Gasteiger partial charge in [-0.15, -0.1) is 0 Å². The van der Waals surface area contributed by atoms with Crippen LogP contribution in [0.1, 0.15) is 16.1 Å². The lowest BCUT2D eigenvalue weighted by molar-refractivity contribution is -0.0237. The number of nitrogens with two attached hydrogens (primary N) is 1. The van der Waals surface area contributed by atoms with Crippen LogP contribution in [-0.2, 0) is 15.7 Å². The van der Waals surface area contributed by atoms with E-state index in [1.54, 1.807) is 28.6 Å². The normalized spacial score (nSPS) is 17.1. The molecule has 1 aliphatic heterocycles. The van der Waals surface area contributed by atoms with E-state index >= 15 is 0 Å². The second kappa shape index (κ2) is 10.6. The molecule has 2 aromatic carbocycles. The molecule has 3 N–H and O–H groups in total. The summed E-state index contributed by atoms with van der Waals surface area (Å²) in [5, 5.41) is 1.05. The number of carbonyl (C=O) groups excluding carboxylic acids is 1. The van der Waals surface area contributed by atoms with Crippen molar-refractivity contribution in [3.63, 3.8) is 0 Å². The minimum absolute atomic E-state index is 0.0968. The number of carbonyl (C=O) groups is 1. The summed E-state index contributed by atoms with van der Waals surface area (Å²) in [5.41, 5.74) is 8.83. The van der Waals surface area contributed by atoms with Crippen LogP contribution in [0.4, 0.5) is 4.39 Å². The second-order valence-electron chi connectivity index (χ2n) is 8.67. The maximum atomic E-state index is 13.6. The Balaban J connectivity index is 1.29. The Morgan fingerprint density at radius 1 is 1.30 bits per heavy atom. The molecule has 0 radical (unpaired) electrons. The zero-order chi connectivity index (χ0) is 26.1. The number of rotatable bonds is 7. The van der Waals surface area contributed by atoms with Gasteiger partial charge in [-0.25, -0.2) is 13.5 Å². The summed E-state index contributed by atoms with van der Waals surface area (Å²) >= 11 is 6.16. The maximum Gasteiger partial charge on any atom is 0.266 e. The van der Waals surface area contributed by atoms with Crippen LogP contribution in [0.3, 0.4) is 0 Å². The van der Waals surface area contributed by atoms with E-state index in [0.717, 1.165) is 16.7 Å². The van der Waals surface area contributed by atoms with Crippen molar-refractivity contribution in [1.82, 2.24) is 14.3 Å². The first-order valence-electron chi connectivity index (χ1n) is 11.5. The summed E-state index contributed by atoms with van der Waals surface area (Å²) in [4.78, 5) is 19.0. The van der Waals surface area contributed by atoms with Gasteiger partial charge in [-0.3, -0.25) is 4.79 Å². The molecular weight excluding hydrogens is 519 g/mol. The van der Waals surface area contributed by atoms with Crippen LogP contribution >= 0.6 is 11.6 Å². The predicted molar refractivity (Wildman–Crippen MR) is 139 cm³/mol. The highest BCUT2D eigenvalue weighted by Crippen LogP contribution is 2.31. The van der Waals surface area contributed by atoms with Gasteiger partial charge in [0.2, 0.25) is 5.95 Å². The number of fused-ring (bicyclic) bond motifs is 1. The van der Waals surface area contributed by atoms with Gasteiger partial charge < -0.3 is 20.2 Å². The van der Waals surface area contributed by atoms with Gasteiger partial charge in [-0.05, 0) is 60.0 Å². The van der Waals surface area contributed by atoms with Crippen LogP contribution in [-0.4, -0.2) is 56.8 Å². The average molecular weight is 543 g/mol. The molecule has 1 aliphatic rings. The Bertz CT molecular complexity index is 1510. The third kappa shape index (κ3) is 5.37. The van der Waals surface area contributed by atoms with Crippen molar-refractivity contribution < 1.29 is 22.9 Å². The molecule has 3 heterocycles. The molecule has 0 bridgehead atoms. The summed E-state index contributed by atoms with van der Waals surface area (Å²) in [6.07, 6.45) is 1.08. The summed E-state index contributed by atoms with van der Waals surface area (Å²) < 4.78 is 40.7. The second-order valence-corrected chi connectivity index (χ2v) is 10.5. The smallest absolute Gasteiger partial charge is 0.266 e. The number of ether oxygens (including phenoxy) is 2. The van der Waals surface area contributed by atoms with E-state index in [-0.39, 0.29) is 18.4 Å². The largest absolute Gasteiger partial charge is 0.491 e. The Morgan fingerprint density at radius 2 is 2.14 bits per heavy atom. The molecule has 2 aromatic heterocycles. The van der Waals surface area contributed by atoms with Crippen molar-refractivity contribution in [3.05, 3.63) is 77.0 Å². The summed E-state index contributed by atoms with van der Waals surface area (Å²) in [6, 6.07) is 13.8. The number of pyridine rings is 1. The topological polar surface area (TPSA) is 111 Å². The Kier molecular flexibility index (Phi) is 7.25. The number of nitrogens with zero attached hydrogens (tertiary/aromatic N) is 2. The Hall–Kier alpha value is -3.31. The van der Waals surface area contributed by atoms with Crippen molar-refractivity contribution in [2.75, 3.05) is 26.3 Å². The number of amides is 1. The molecule has 1 fully saturated rings. The highest BCUT2D eigenvalue weighted by molar-refractivity contribution is 7.83. The molecule has 11 heteroatoms. The van der Waals surface area contributed by atoms with Crippen LogP contribution in [0.5, 0.6) is 5.75 Å². The zero-order valence-corrected chi connectivity index (χ0v) is 21.4. The molecule has 8 nitrogen and oxygen atoms in total. The molecule has 0 aliphatic carbocycles. The lowest BCUT2D eigenvalue weighted by atomic mass is 10.0. The van der Waals surface area contributed by atoms with E-state index < -0.39 is 22.8 Å². The van der Waals surface area contributed by atoms with E-state index in [1.807, 2.05) is 25.1 Å². The molecule has 4 aromatic rings. The minimum Gasteiger partial charge on any atom is -0.491 e. The maximum absolute atomic E-state index is 13.6. The van der Waals surface area contributed by atoms with Crippen LogP contribution < -0.4 is 10.5 Å². The lowest BCUT2D eigenvalue weighted by Gasteiger charge is -2.31. The fourth-order valence-corrected chi connectivity index (χ4v) is 6.03. The number of aryl methyl sites for hydroxylation is 1. The van der Waals surface area contributed by atoms with Gasteiger partial charge in [0.1, 0.15) is 35.1 Å². The van der Waals surface area contributed by atoms with Gasteiger partial charge in [0.15, 0.2) is 0 Å². The quantitative estimate of drug-likeness (QED) is 0.340. The fourth-order valence-electron chi connectivity index (χ4n) is 4.38. The van der Waals surface area contributed by atoms with Crippen molar-refractivity contribution in [3.8, 4) is 16.9 Å². The lowest BCUT2D eigenvalue weighted by Crippen LogP contribution is -2.45. The summed E-state index contributed by atoms with van der Waals surface area (Å²) in [7, 11) is -1.68. The number of hydrogen-bond acceptors (Lipinski definition) is 5. The van der Waals surface area contributed by atoms with Crippen molar-refractivity contribution >= 4 is 39.4 Å².